The number of aliphatic hydroxyl groups excluding tert-OH is 1. The van der Waals surface area contributed by atoms with Crippen molar-refractivity contribution >= 4 is 22.8 Å². The van der Waals surface area contributed by atoms with Gasteiger partial charge in [0.1, 0.15) is 35.7 Å². The van der Waals surface area contributed by atoms with Crippen LogP contribution in [0.15, 0.2) is 24.5 Å². The molecule has 2 aliphatic rings. The number of fused-ring (bicyclic) bond motifs is 1. The largest absolute Gasteiger partial charge is 0.492 e. The maximum absolute atomic E-state index is 14.0. The molecular formula is C26H30FN5O5. The summed E-state index contributed by atoms with van der Waals surface area (Å²) in [6.45, 7) is 2.73. The number of β-amino-alcohol motifs (C(OH)–C–C–N with tert-alkyl or cyclic N) is 1. The van der Waals surface area contributed by atoms with Gasteiger partial charge in [0.15, 0.2) is 0 Å². The van der Waals surface area contributed by atoms with Gasteiger partial charge in [0.2, 0.25) is 5.91 Å². The van der Waals surface area contributed by atoms with Crippen LogP contribution < -0.4 is 10.1 Å². The number of H-pyrrole nitrogens is 1. The molecule has 2 fully saturated rings. The molecule has 1 saturated carbocycles. The van der Waals surface area contributed by atoms with Crippen LogP contribution in [0.3, 0.4) is 0 Å². The highest BCUT2D eigenvalue weighted by Crippen LogP contribution is 2.36. The number of hydrogen-bond acceptors (Lipinski definition) is 7. The molecule has 0 bridgehead atoms. The molecule has 0 unspecified atom stereocenters. The Hall–Kier alpha value is -3.57. The van der Waals surface area contributed by atoms with Gasteiger partial charge in [0.05, 0.1) is 29.8 Å². The molecular weight excluding hydrogens is 481 g/mol. The van der Waals surface area contributed by atoms with Crippen molar-refractivity contribution in [1.82, 2.24) is 25.2 Å². The number of aliphatic hydroxyl groups is 1. The zero-order valence-corrected chi connectivity index (χ0v) is 20.8. The summed E-state index contributed by atoms with van der Waals surface area (Å²) in [4.78, 5) is 38.9. The topological polar surface area (TPSA) is 130 Å². The first kappa shape index (κ1) is 25.1. The fourth-order valence-corrected chi connectivity index (χ4v) is 4.69. The van der Waals surface area contributed by atoms with Gasteiger partial charge >= 0.3 is 0 Å². The molecule has 11 heteroatoms. The smallest absolute Gasteiger partial charge is 0.255 e. The Labute approximate surface area is 213 Å². The van der Waals surface area contributed by atoms with Gasteiger partial charge in [-0.25, -0.2) is 14.4 Å². The number of ether oxygens (including phenoxy) is 2. The normalized spacial score (nSPS) is 19.7. The Bertz CT molecular complexity index is 1320. The number of carbonyl (C=O) groups is 2. The van der Waals surface area contributed by atoms with Crippen LogP contribution in [0.1, 0.15) is 35.3 Å². The van der Waals surface area contributed by atoms with Crippen molar-refractivity contribution < 1.29 is 28.6 Å². The number of aromatic amines is 1. The van der Waals surface area contributed by atoms with Gasteiger partial charge in [-0.3, -0.25) is 9.59 Å². The minimum absolute atomic E-state index is 0.0539. The van der Waals surface area contributed by atoms with Crippen molar-refractivity contribution in [2.45, 2.75) is 38.3 Å². The monoisotopic (exact) mass is 511 g/mol. The first-order valence-electron chi connectivity index (χ1n) is 12.4. The maximum Gasteiger partial charge on any atom is 0.255 e. The summed E-state index contributed by atoms with van der Waals surface area (Å²) in [5.41, 5.74) is 2.98. The standard InChI is InChI=1S/C26H30FN5O5/c1-14-22(26(35)31-18-7-8-32(10-19(18)33)21(34)12-36-2)24-25(30-14)23(28-13-29-24)17-6-5-16(27)9-20(17)37-11-15-3-4-15/h5-6,9,13,15,18-19,30,33H,3-4,7-8,10-12H2,1-2H3,(H,31,35)/t18-,19+/m0/s1. The van der Waals surface area contributed by atoms with Crippen molar-refractivity contribution in [3.63, 3.8) is 0 Å². The predicted molar refractivity (Wildman–Crippen MR) is 133 cm³/mol. The average molecular weight is 512 g/mol. The molecule has 0 radical (unpaired) electrons. The Morgan fingerprint density at radius 1 is 1.27 bits per heavy atom. The molecule has 2 amide bonds. The summed E-state index contributed by atoms with van der Waals surface area (Å²) in [7, 11) is 1.44. The summed E-state index contributed by atoms with van der Waals surface area (Å²) < 4.78 is 24.8. The number of nitrogens with one attached hydrogen (secondary N) is 2. The SMILES string of the molecule is COCC(=O)N1CC[C@H](NC(=O)c2c(C)[nH]c3c(-c4ccc(F)cc4OCC4CC4)ncnc23)[C@H](O)C1. The zero-order chi connectivity index (χ0) is 26.1. The molecule has 3 aromatic rings. The predicted octanol–water partition coefficient (Wildman–Crippen LogP) is 2.20. The fourth-order valence-electron chi connectivity index (χ4n) is 4.69. The number of halogens is 1. The van der Waals surface area contributed by atoms with Gasteiger partial charge in [0.25, 0.3) is 5.91 Å². The number of piperidine rings is 1. The van der Waals surface area contributed by atoms with E-state index in [0.29, 0.717) is 64.8 Å². The quantitative estimate of drug-likeness (QED) is 0.423. The number of carbonyl (C=O) groups excluding carboxylic acids is 2. The number of hydrogen-bond donors (Lipinski definition) is 3. The molecule has 37 heavy (non-hydrogen) atoms. The molecule has 10 nitrogen and oxygen atoms in total. The zero-order valence-electron chi connectivity index (χ0n) is 20.8. The van der Waals surface area contributed by atoms with E-state index >= 15 is 0 Å². The lowest BCUT2D eigenvalue weighted by molar-refractivity contribution is -0.138. The van der Waals surface area contributed by atoms with Crippen LogP contribution in [-0.4, -0.2) is 82.3 Å². The Morgan fingerprint density at radius 3 is 2.81 bits per heavy atom. The third kappa shape index (κ3) is 5.28. The molecule has 1 saturated heterocycles. The average Bonchev–Trinajstić information content (AvgIpc) is 3.64. The van der Waals surface area contributed by atoms with Crippen LogP contribution in [0.25, 0.3) is 22.3 Å². The molecule has 1 aromatic carbocycles. The van der Waals surface area contributed by atoms with Crippen LogP contribution in [0.4, 0.5) is 4.39 Å². The number of aromatic nitrogens is 3. The second kappa shape index (κ2) is 10.4. The third-order valence-corrected chi connectivity index (χ3v) is 6.89. The second-order valence-corrected chi connectivity index (χ2v) is 9.67. The lowest BCUT2D eigenvalue weighted by Gasteiger charge is -2.36. The lowest BCUT2D eigenvalue weighted by atomic mass is 10.0. The minimum atomic E-state index is -0.917. The number of amides is 2. The van der Waals surface area contributed by atoms with Crippen LogP contribution in [0.2, 0.25) is 0 Å². The van der Waals surface area contributed by atoms with Crippen molar-refractivity contribution in [3.05, 3.63) is 41.6 Å². The van der Waals surface area contributed by atoms with Crippen molar-refractivity contribution in [1.29, 1.82) is 0 Å². The van der Waals surface area contributed by atoms with E-state index in [1.54, 1.807) is 13.0 Å². The number of nitrogens with zero attached hydrogens (tertiary/aromatic N) is 3. The number of likely N-dealkylation sites (tertiary alicyclic amines) is 1. The van der Waals surface area contributed by atoms with Gasteiger partial charge in [-0.1, -0.05) is 0 Å². The van der Waals surface area contributed by atoms with Crippen LogP contribution in [0.5, 0.6) is 5.75 Å². The summed E-state index contributed by atoms with van der Waals surface area (Å²) in [5, 5.41) is 13.5. The van der Waals surface area contributed by atoms with Crippen LogP contribution in [-0.2, 0) is 9.53 Å². The summed E-state index contributed by atoms with van der Waals surface area (Å²) in [6, 6.07) is 3.79. The Morgan fingerprint density at radius 2 is 2.08 bits per heavy atom. The second-order valence-electron chi connectivity index (χ2n) is 9.67. The van der Waals surface area contributed by atoms with E-state index in [1.165, 1.54) is 30.5 Å². The summed E-state index contributed by atoms with van der Waals surface area (Å²) in [6.07, 6.45) is 3.06. The van der Waals surface area contributed by atoms with E-state index in [-0.39, 0.29) is 19.1 Å². The number of aryl methyl sites for hydroxylation is 1. The summed E-state index contributed by atoms with van der Waals surface area (Å²) in [5.74, 6) is -0.119. The van der Waals surface area contributed by atoms with E-state index in [1.807, 2.05) is 0 Å². The van der Waals surface area contributed by atoms with Gasteiger partial charge in [-0.15, -0.1) is 0 Å². The van der Waals surface area contributed by atoms with Crippen molar-refractivity contribution in [2.75, 3.05) is 33.4 Å². The molecule has 2 aromatic heterocycles. The highest BCUT2D eigenvalue weighted by atomic mass is 19.1. The Kier molecular flexibility index (Phi) is 7.07. The van der Waals surface area contributed by atoms with Crippen LogP contribution in [0, 0.1) is 18.7 Å². The van der Waals surface area contributed by atoms with E-state index in [4.69, 9.17) is 9.47 Å². The molecule has 196 valence electrons. The molecule has 3 N–H and O–H groups in total. The number of rotatable bonds is 8. The molecule has 5 rings (SSSR count). The maximum atomic E-state index is 14.0. The van der Waals surface area contributed by atoms with E-state index < -0.39 is 23.9 Å². The van der Waals surface area contributed by atoms with Gasteiger partial charge in [0, 0.05) is 37.5 Å². The molecule has 1 aliphatic heterocycles. The number of benzene rings is 1. The minimum Gasteiger partial charge on any atom is -0.492 e. The first-order chi connectivity index (χ1) is 17.9. The van der Waals surface area contributed by atoms with E-state index in [2.05, 4.69) is 20.3 Å². The van der Waals surface area contributed by atoms with Crippen molar-refractivity contribution in [2.24, 2.45) is 5.92 Å². The van der Waals surface area contributed by atoms with Gasteiger partial charge < -0.3 is 29.8 Å². The highest BCUT2D eigenvalue weighted by molar-refractivity contribution is 6.09. The lowest BCUT2D eigenvalue weighted by Crippen LogP contribution is -2.55. The van der Waals surface area contributed by atoms with Gasteiger partial charge in [-0.05, 0) is 44.2 Å². The fraction of sp³-hybridized carbons (Fsp3) is 0.462. The molecule has 3 heterocycles. The third-order valence-electron chi connectivity index (χ3n) is 6.89. The van der Waals surface area contributed by atoms with Crippen molar-refractivity contribution in [3.8, 4) is 17.0 Å². The Balaban J connectivity index is 1.39. The molecule has 1 aliphatic carbocycles. The molecule has 2 atom stereocenters. The number of methoxy groups -OCH3 is 1. The van der Waals surface area contributed by atoms with Gasteiger partial charge in [-0.2, -0.15) is 0 Å². The highest BCUT2D eigenvalue weighted by Gasteiger charge is 2.32. The van der Waals surface area contributed by atoms with E-state index in [9.17, 15) is 19.1 Å². The molecule has 0 spiro atoms. The van der Waals surface area contributed by atoms with Crippen LogP contribution >= 0.6 is 0 Å². The van der Waals surface area contributed by atoms with E-state index in [0.717, 1.165) is 12.8 Å². The first-order valence-corrected chi connectivity index (χ1v) is 12.4. The summed E-state index contributed by atoms with van der Waals surface area (Å²) >= 11 is 0.